The van der Waals surface area contributed by atoms with Crippen molar-refractivity contribution in [1.29, 1.82) is 0 Å². The predicted octanol–water partition coefficient (Wildman–Crippen LogP) is 3.91. The van der Waals surface area contributed by atoms with E-state index in [0.29, 0.717) is 5.56 Å². The minimum absolute atomic E-state index is 0.00550. The van der Waals surface area contributed by atoms with E-state index in [2.05, 4.69) is 5.32 Å². The van der Waals surface area contributed by atoms with Crippen LogP contribution in [0.3, 0.4) is 0 Å². The van der Waals surface area contributed by atoms with Crippen LogP contribution in [0.25, 0.3) is 0 Å². The molecule has 0 saturated carbocycles. The van der Waals surface area contributed by atoms with Crippen LogP contribution < -0.4 is 5.32 Å². The molecule has 2 aromatic carbocycles. The molecule has 1 N–H and O–H groups in total. The summed E-state index contributed by atoms with van der Waals surface area (Å²) in [5.74, 6) is -0.145. The van der Waals surface area contributed by atoms with E-state index in [0.717, 1.165) is 16.8 Å². The third-order valence-electron chi connectivity index (χ3n) is 3.29. The quantitative estimate of drug-likeness (QED) is 0.845. The Morgan fingerprint density at radius 3 is 1.90 bits per heavy atom. The van der Waals surface area contributed by atoms with Gasteiger partial charge >= 0.3 is 0 Å². The molecule has 2 aromatic rings. The Morgan fingerprint density at radius 1 is 0.810 bits per heavy atom. The zero-order chi connectivity index (χ0) is 15.2. The van der Waals surface area contributed by atoms with Gasteiger partial charge in [0.25, 0.3) is 0 Å². The van der Waals surface area contributed by atoms with Gasteiger partial charge in [0.2, 0.25) is 5.91 Å². The fraction of sp³-hybridized carbons (Fsp3) is 0.222. The van der Waals surface area contributed by atoms with Gasteiger partial charge in [-0.3, -0.25) is 9.59 Å². The zero-order valence-corrected chi connectivity index (χ0v) is 12.3. The van der Waals surface area contributed by atoms with Crippen molar-refractivity contribution in [2.75, 3.05) is 5.32 Å². The molecule has 0 radical (unpaired) electrons. The van der Waals surface area contributed by atoms with Gasteiger partial charge in [-0.2, -0.15) is 0 Å². The number of carbonyl (C=O) groups excluding carboxylic acids is 2. The zero-order valence-electron chi connectivity index (χ0n) is 12.3. The van der Waals surface area contributed by atoms with Crippen LogP contribution in [0.1, 0.15) is 34.3 Å². The Bertz CT molecular complexity index is 627. The highest BCUT2D eigenvalue weighted by molar-refractivity contribution is 6.00. The number of hydrogen-bond donors (Lipinski definition) is 1. The maximum absolute atomic E-state index is 12.0. The molecule has 1 amide bonds. The van der Waals surface area contributed by atoms with E-state index in [1.54, 1.807) is 12.1 Å². The molecule has 3 heteroatoms. The van der Waals surface area contributed by atoms with Gasteiger partial charge in [-0.05, 0) is 26.0 Å². The lowest BCUT2D eigenvalue weighted by Crippen LogP contribution is -2.13. The fourth-order valence-electron chi connectivity index (χ4n) is 1.97. The van der Waals surface area contributed by atoms with E-state index in [1.807, 2.05) is 50.2 Å². The van der Waals surface area contributed by atoms with Crippen LogP contribution in [0.4, 0.5) is 5.69 Å². The van der Waals surface area contributed by atoms with E-state index in [4.69, 9.17) is 0 Å². The number of ketones is 1. The summed E-state index contributed by atoms with van der Waals surface area (Å²) in [7, 11) is 0. The molecule has 0 heterocycles. The Hall–Kier alpha value is -2.42. The van der Waals surface area contributed by atoms with Gasteiger partial charge in [-0.1, -0.05) is 47.5 Å². The average molecular weight is 281 g/mol. The molecule has 0 unspecified atom stereocenters. The predicted molar refractivity (Wildman–Crippen MR) is 84.6 cm³/mol. The summed E-state index contributed by atoms with van der Waals surface area (Å²) in [4.78, 5) is 23.8. The van der Waals surface area contributed by atoms with Crippen LogP contribution in [0, 0.1) is 13.8 Å². The summed E-state index contributed by atoms with van der Waals surface area (Å²) in [5.41, 5.74) is 3.67. The van der Waals surface area contributed by atoms with Crippen LogP contribution in [-0.2, 0) is 4.79 Å². The van der Waals surface area contributed by atoms with Gasteiger partial charge in [-0.15, -0.1) is 0 Å². The Labute approximate surface area is 125 Å². The molecule has 0 spiro atoms. The number of Topliss-reactive ketones (excluding diaryl/α,β-unsaturated/α-hetero) is 1. The minimum Gasteiger partial charge on any atom is -0.326 e. The maximum Gasteiger partial charge on any atom is 0.224 e. The molecule has 0 aliphatic heterocycles. The van der Waals surface area contributed by atoms with E-state index < -0.39 is 0 Å². The molecule has 0 aliphatic rings. The van der Waals surface area contributed by atoms with Gasteiger partial charge in [0.15, 0.2) is 5.78 Å². The second-order valence-corrected chi connectivity index (χ2v) is 5.20. The van der Waals surface area contributed by atoms with E-state index >= 15 is 0 Å². The summed E-state index contributed by atoms with van der Waals surface area (Å²) in [6, 6.07) is 15.0. The average Bonchev–Trinajstić information content (AvgIpc) is 2.48. The maximum atomic E-state index is 12.0. The number of carbonyl (C=O) groups is 2. The summed E-state index contributed by atoms with van der Waals surface area (Å²) in [6.45, 7) is 3.97. The first-order chi connectivity index (χ1) is 10.0. The van der Waals surface area contributed by atoms with Crippen molar-refractivity contribution >= 4 is 17.4 Å². The molecule has 0 fully saturated rings. The monoisotopic (exact) mass is 281 g/mol. The van der Waals surface area contributed by atoms with E-state index in [-0.39, 0.29) is 24.5 Å². The molecule has 2 rings (SSSR count). The van der Waals surface area contributed by atoms with E-state index in [1.165, 1.54) is 0 Å². The Kier molecular flexibility index (Phi) is 4.88. The minimum atomic E-state index is -0.140. The van der Waals surface area contributed by atoms with Crippen LogP contribution in [0.15, 0.2) is 48.5 Å². The van der Waals surface area contributed by atoms with Gasteiger partial charge in [0, 0.05) is 24.1 Å². The summed E-state index contributed by atoms with van der Waals surface area (Å²) < 4.78 is 0. The van der Waals surface area contributed by atoms with Crippen molar-refractivity contribution in [3.8, 4) is 0 Å². The standard InChI is InChI=1S/C18H19NO2/c1-13-3-7-15(8-4-13)17(20)11-12-18(21)19-16-9-5-14(2)6-10-16/h3-10H,11-12H2,1-2H3,(H,19,21). The lowest BCUT2D eigenvalue weighted by atomic mass is 10.0. The van der Waals surface area contributed by atoms with Crippen LogP contribution in [-0.4, -0.2) is 11.7 Å². The molecule has 0 atom stereocenters. The van der Waals surface area contributed by atoms with Crippen molar-refractivity contribution in [3.05, 3.63) is 65.2 Å². The molecule has 0 aliphatic carbocycles. The SMILES string of the molecule is Cc1ccc(NC(=O)CCC(=O)c2ccc(C)cc2)cc1. The van der Waals surface area contributed by atoms with Gasteiger partial charge < -0.3 is 5.32 Å². The first-order valence-corrected chi connectivity index (χ1v) is 7.01. The second-order valence-electron chi connectivity index (χ2n) is 5.20. The highest BCUT2D eigenvalue weighted by atomic mass is 16.2. The number of benzene rings is 2. The third kappa shape index (κ3) is 4.56. The molecule has 0 saturated heterocycles. The fourth-order valence-corrected chi connectivity index (χ4v) is 1.97. The smallest absolute Gasteiger partial charge is 0.224 e. The molecular formula is C18H19NO2. The van der Waals surface area contributed by atoms with Gasteiger partial charge in [-0.25, -0.2) is 0 Å². The lowest BCUT2D eigenvalue weighted by Gasteiger charge is -2.05. The normalized spacial score (nSPS) is 10.2. The van der Waals surface area contributed by atoms with Crippen LogP contribution >= 0.6 is 0 Å². The first-order valence-electron chi connectivity index (χ1n) is 7.01. The molecule has 0 bridgehead atoms. The third-order valence-corrected chi connectivity index (χ3v) is 3.29. The highest BCUT2D eigenvalue weighted by Gasteiger charge is 2.09. The number of hydrogen-bond acceptors (Lipinski definition) is 2. The van der Waals surface area contributed by atoms with Crippen LogP contribution in [0.2, 0.25) is 0 Å². The molecule has 108 valence electrons. The van der Waals surface area contributed by atoms with Gasteiger partial charge in [0.05, 0.1) is 0 Å². The van der Waals surface area contributed by atoms with Crippen LogP contribution in [0.5, 0.6) is 0 Å². The molecule has 21 heavy (non-hydrogen) atoms. The number of aryl methyl sites for hydroxylation is 2. The van der Waals surface area contributed by atoms with Gasteiger partial charge in [0.1, 0.15) is 0 Å². The topological polar surface area (TPSA) is 46.2 Å². The first kappa shape index (κ1) is 15.0. The number of anilines is 1. The Morgan fingerprint density at radius 2 is 1.33 bits per heavy atom. The van der Waals surface area contributed by atoms with Crippen molar-refractivity contribution < 1.29 is 9.59 Å². The number of nitrogens with one attached hydrogen (secondary N) is 1. The number of rotatable bonds is 5. The largest absolute Gasteiger partial charge is 0.326 e. The summed E-state index contributed by atoms with van der Waals surface area (Å²) in [6.07, 6.45) is 0.418. The Balaban J connectivity index is 1.84. The molecular weight excluding hydrogens is 262 g/mol. The van der Waals surface area contributed by atoms with Crippen molar-refractivity contribution in [2.45, 2.75) is 26.7 Å². The molecule has 0 aromatic heterocycles. The molecule has 3 nitrogen and oxygen atoms in total. The van der Waals surface area contributed by atoms with Crippen molar-refractivity contribution in [3.63, 3.8) is 0 Å². The van der Waals surface area contributed by atoms with Crippen molar-refractivity contribution in [2.24, 2.45) is 0 Å². The second kappa shape index (κ2) is 6.84. The lowest BCUT2D eigenvalue weighted by molar-refractivity contribution is -0.116. The number of amides is 1. The summed E-state index contributed by atoms with van der Waals surface area (Å²) >= 11 is 0. The van der Waals surface area contributed by atoms with E-state index in [9.17, 15) is 9.59 Å². The van der Waals surface area contributed by atoms with Crippen molar-refractivity contribution in [1.82, 2.24) is 0 Å². The summed E-state index contributed by atoms with van der Waals surface area (Å²) in [5, 5.41) is 2.79. The highest BCUT2D eigenvalue weighted by Crippen LogP contribution is 2.11.